The van der Waals surface area contributed by atoms with E-state index in [1.54, 1.807) is 0 Å². The monoisotopic (exact) mass is 288 g/mol. The van der Waals surface area contributed by atoms with Crippen LogP contribution in [-0.2, 0) is 0 Å². The molecule has 0 saturated carbocycles. The molecule has 2 aromatic heterocycles. The topological polar surface area (TPSA) is 42.2 Å². The molecule has 0 spiro atoms. The van der Waals surface area contributed by atoms with Crippen LogP contribution >= 0.6 is 0 Å². The van der Waals surface area contributed by atoms with Gasteiger partial charge in [-0.25, -0.2) is 9.50 Å². The maximum atomic E-state index is 4.52. The van der Waals surface area contributed by atoms with Crippen molar-refractivity contribution in [3.05, 3.63) is 29.2 Å². The summed E-state index contributed by atoms with van der Waals surface area (Å²) in [5.41, 5.74) is 4.58. The van der Waals surface area contributed by atoms with Gasteiger partial charge in [0.25, 0.3) is 0 Å². The molecule has 21 heavy (non-hydrogen) atoms. The highest BCUT2D eigenvalue weighted by atomic mass is 15.3. The number of nitrogens with one attached hydrogen (secondary N) is 1. The number of nitrogens with zero attached hydrogens (tertiary/aromatic N) is 3. The Hall–Kier alpha value is -1.42. The molecule has 0 amide bonds. The molecule has 0 aliphatic heterocycles. The lowest BCUT2D eigenvalue weighted by Crippen LogP contribution is -2.35. The van der Waals surface area contributed by atoms with E-state index in [0.29, 0.717) is 5.92 Å². The maximum absolute atomic E-state index is 4.52. The van der Waals surface area contributed by atoms with Gasteiger partial charge in [0.15, 0.2) is 5.65 Å². The van der Waals surface area contributed by atoms with Crippen molar-refractivity contribution >= 4 is 5.65 Å². The fourth-order valence-corrected chi connectivity index (χ4v) is 2.33. The minimum absolute atomic E-state index is 0.268. The van der Waals surface area contributed by atoms with Crippen LogP contribution < -0.4 is 5.32 Å². The summed E-state index contributed by atoms with van der Waals surface area (Å²) in [7, 11) is 0. The van der Waals surface area contributed by atoms with Gasteiger partial charge >= 0.3 is 0 Å². The van der Waals surface area contributed by atoms with Crippen molar-refractivity contribution in [2.75, 3.05) is 6.54 Å². The van der Waals surface area contributed by atoms with Crippen molar-refractivity contribution < 1.29 is 0 Å². The van der Waals surface area contributed by atoms with Crippen LogP contribution in [-0.4, -0.2) is 21.1 Å². The molecule has 0 aliphatic rings. The van der Waals surface area contributed by atoms with Gasteiger partial charge in [-0.1, -0.05) is 27.7 Å². The number of hydrogen-bond donors (Lipinski definition) is 1. The number of hydrogen-bond acceptors (Lipinski definition) is 3. The van der Waals surface area contributed by atoms with E-state index < -0.39 is 0 Å². The Labute approximate surface area is 128 Å². The highest BCUT2D eigenvalue weighted by molar-refractivity contribution is 5.42. The van der Waals surface area contributed by atoms with Crippen LogP contribution in [0.4, 0.5) is 0 Å². The molecule has 2 aromatic rings. The molecule has 116 valence electrons. The summed E-state index contributed by atoms with van der Waals surface area (Å²) in [6.07, 6.45) is 1.98. The SMILES string of the molecule is Cc1cc2ncc(C(C)NCC(C)(C)C(C)C)c(C)n2n1. The van der Waals surface area contributed by atoms with Gasteiger partial charge in [-0.3, -0.25) is 0 Å². The first-order chi connectivity index (χ1) is 9.72. The lowest BCUT2D eigenvalue weighted by molar-refractivity contribution is 0.230. The van der Waals surface area contributed by atoms with E-state index in [0.717, 1.165) is 23.6 Å². The Bertz CT molecular complexity index is 625. The minimum Gasteiger partial charge on any atom is -0.310 e. The molecule has 1 N–H and O–H groups in total. The smallest absolute Gasteiger partial charge is 0.155 e. The first kappa shape index (κ1) is 16.0. The van der Waals surface area contributed by atoms with Crippen molar-refractivity contribution in [2.45, 2.75) is 54.5 Å². The predicted octanol–water partition coefficient (Wildman–Crippen LogP) is 3.68. The van der Waals surface area contributed by atoms with Crippen LogP contribution in [0.3, 0.4) is 0 Å². The predicted molar refractivity (Wildman–Crippen MR) is 87.5 cm³/mol. The standard InChI is InChI=1S/C17H28N4/c1-11(2)17(6,7)10-19-13(4)15-9-18-16-8-12(3)20-21(16)14(15)5/h8-9,11,13,19H,10H2,1-7H3. The van der Waals surface area contributed by atoms with Crippen LogP contribution in [0.25, 0.3) is 5.65 Å². The fraction of sp³-hybridized carbons (Fsp3) is 0.647. The maximum Gasteiger partial charge on any atom is 0.155 e. The normalized spacial score (nSPS) is 14.1. The molecule has 1 unspecified atom stereocenters. The average molecular weight is 288 g/mol. The fourth-order valence-electron chi connectivity index (χ4n) is 2.33. The first-order valence-corrected chi connectivity index (χ1v) is 7.77. The van der Waals surface area contributed by atoms with Gasteiger partial charge < -0.3 is 5.32 Å². The minimum atomic E-state index is 0.268. The molecule has 0 radical (unpaired) electrons. The van der Waals surface area contributed by atoms with Gasteiger partial charge in [0.1, 0.15) is 0 Å². The van der Waals surface area contributed by atoms with Crippen LogP contribution in [0, 0.1) is 25.2 Å². The first-order valence-electron chi connectivity index (χ1n) is 7.77. The van der Waals surface area contributed by atoms with E-state index in [2.05, 4.69) is 56.9 Å². The molecule has 0 bridgehead atoms. The molecule has 4 nitrogen and oxygen atoms in total. The summed E-state index contributed by atoms with van der Waals surface area (Å²) in [4.78, 5) is 4.52. The third kappa shape index (κ3) is 3.26. The molecular formula is C17H28N4. The number of fused-ring (bicyclic) bond motifs is 1. The molecule has 1 atom stereocenters. The second-order valence-electron chi connectivity index (χ2n) is 7.10. The average Bonchev–Trinajstić information content (AvgIpc) is 2.78. The quantitative estimate of drug-likeness (QED) is 0.912. The van der Waals surface area contributed by atoms with Crippen LogP contribution in [0.5, 0.6) is 0 Å². The van der Waals surface area contributed by atoms with Gasteiger partial charge in [0, 0.05) is 36.1 Å². The number of aryl methyl sites for hydroxylation is 2. The molecule has 0 saturated heterocycles. The van der Waals surface area contributed by atoms with Gasteiger partial charge in [0.2, 0.25) is 0 Å². The van der Waals surface area contributed by atoms with Crippen LogP contribution in [0.15, 0.2) is 12.3 Å². The van der Waals surface area contributed by atoms with Crippen molar-refractivity contribution in [2.24, 2.45) is 11.3 Å². The Morgan fingerprint density at radius 2 is 1.90 bits per heavy atom. The lowest BCUT2D eigenvalue weighted by atomic mass is 9.81. The Kier molecular flexibility index (Phi) is 4.38. The van der Waals surface area contributed by atoms with Gasteiger partial charge in [0.05, 0.1) is 5.69 Å². The van der Waals surface area contributed by atoms with E-state index in [9.17, 15) is 0 Å². The van der Waals surface area contributed by atoms with Crippen LogP contribution in [0.2, 0.25) is 0 Å². The summed E-state index contributed by atoms with van der Waals surface area (Å²) < 4.78 is 1.94. The van der Waals surface area contributed by atoms with Crippen molar-refractivity contribution in [3.8, 4) is 0 Å². The van der Waals surface area contributed by atoms with Crippen molar-refractivity contribution in [3.63, 3.8) is 0 Å². The Balaban J connectivity index is 2.20. The van der Waals surface area contributed by atoms with Crippen molar-refractivity contribution in [1.29, 1.82) is 0 Å². The highest BCUT2D eigenvalue weighted by Crippen LogP contribution is 2.26. The van der Waals surface area contributed by atoms with Crippen LogP contribution in [0.1, 0.15) is 57.6 Å². The largest absolute Gasteiger partial charge is 0.310 e. The van der Waals surface area contributed by atoms with E-state index in [4.69, 9.17) is 0 Å². The summed E-state index contributed by atoms with van der Waals surface area (Å²) >= 11 is 0. The second kappa shape index (κ2) is 5.76. The zero-order chi connectivity index (χ0) is 15.8. The number of rotatable bonds is 5. The second-order valence-corrected chi connectivity index (χ2v) is 7.10. The zero-order valence-electron chi connectivity index (χ0n) is 14.4. The van der Waals surface area contributed by atoms with E-state index in [1.807, 2.05) is 23.7 Å². The van der Waals surface area contributed by atoms with Gasteiger partial charge in [-0.2, -0.15) is 5.10 Å². The van der Waals surface area contributed by atoms with Gasteiger partial charge in [-0.05, 0) is 32.1 Å². The van der Waals surface area contributed by atoms with Gasteiger partial charge in [-0.15, -0.1) is 0 Å². The molecule has 0 aromatic carbocycles. The molecule has 0 aliphatic carbocycles. The van der Waals surface area contributed by atoms with E-state index in [1.165, 1.54) is 5.56 Å². The molecule has 2 heterocycles. The molecule has 2 rings (SSSR count). The third-order valence-electron chi connectivity index (χ3n) is 4.78. The summed E-state index contributed by atoms with van der Waals surface area (Å²) in [6.45, 7) is 16.5. The van der Waals surface area contributed by atoms with E-state index >= 15 is 0 Å². The summed E-state index contributed by atoms with van der Waals surface area (Å²) in [5.74, 6) is 0.646. The third-order valence-corrected chi connectivity index (χ3v) is 4.78. The summed E-state index contributed by atoms with van der Waals surface area (Å²) in [5, 5.41) is 8.17. The molecular weight excluding hydrogens is 260 g/mol. The van der Waals surface area contributed by atoms with E-state index in [-0.39, 0.29) is 11.5 Å². The Morgan fingerprint density at radius 3 is 2.52 bits per heavy atom. The number of aromatic nitrogens is 3. The lowest BCUT2D eigenvalue weighted by Gasteiger charge is -2.31. The molecule has 0 fully saturated rings. The summed E-state index contributed by atoms with van der Waals surface area (Å²) in [6, 6.07) is 2.28. The zero-order valence-corrected chi connectivity index (χ0v) is 14.4. The molecule has 4 heteroatoms. The van der Waals surface area contributed by atoms with Crippen molar-refractivity contribution in [1.82, 2.24) is 19.9 Å². The highest BCUT2D eigenvalue weighted by Gasteiger charge is 2.23. The Morgan fingerprint density at radius 1 is 1.24 bits per heavy atom.